The highest BCUT2D eigenvalue weighted by Gasteiger charge is 2.26. The molecule has 0 saturated carbocycles. The van der Waals surface area contributed by atoms with Crippen molar-refractivity contribution < 1.29 is 23.8 Å². The predicted molar refractivity (Wildman–Crippen MR) is 82.5 cm³/mol. The molecule has 1 saturated heterocycles. The maximum atomic E-state index is 12.1. The molecule has 1 amide bonds. The van der Waals surface area contributed by atoms with Crippen LogP contribution >= 0.6 is 0 Å². The molecule has 0 N–H and O–H groups in total. The molecule has 1 atom stereocenters. The molecule has 2 aliphatic rings. The summed E-state index contributed by atoms with van der Waals surface area (Å²) >= 11 is 0. The number of nitrogens with zero attached hydrogens (tertiary/aromatic N) is 1. The van der Waals surface area contributed by atoms with Gasteiger partial charge < -0.3 is 19.1 Å². The van der Waals surface area contributed by atoms with E-state index in [0.717, 1.165) is 31.5 Å². The average molecular weight is 319 g/mol. The third-order valence-corrected chi connectivity index (χ3v) is 4.03. The van der Waals surface area contributed by atoms with Gasteiger partial charge in [-0.1, -0.05) is 6.07 Å². The smallest absolute Gasteiger partial charge is 0.311 e. The lowest BCUT2D eigenvalue weighted by atomic mass is 10.1. The molecule has 2 heterocycles. The first-order chi connectivity index (χ1) is 11.1. The molecule has 6 nitrogen and oxygen atoms in total. The van der Waals surface area contributed by atoms with Crippen molar-refractivity contribution in [2.45, 2.75) is 32.3 Å². The van der Waals surface area contributed by atoms with E-state index in [-0.39, 0.29) is 12.3 Å². The minimum Gasteiger partial charge on any atom is -0.486 e. The normalized spacial score (nSPS) is 17.7. The van der Waals surface area contributed by atoms with Crippen molar-refractivity contribution in [1.82, 2.24) is 4.90 Å². The molecule has 0 spiro atoms. The minimum atomic E-state index is -0.738. The largest absolute Gasteiger partial charge is 0.486 e. The number of hydrogen-bond acceptors (Lipinski definition) is 5. The van der Waals surface area contributed by atoms with Crippen LogP contribution in [0.2, 0.25) is 0 Å². The van der Waals surface area contributed by atoms with Gasteiger partial charge in [-0.05, 0) is 37.5 Å². The van der Waals surface area contributed by atoms with Crippen molar-refractivity contribution in [1.29, 1.82) is 0 Å². The summed E-state index contributed by atoms with van der Waals surface area (Å²) in [4.78, 5) is 25.9. The fraction of sp³-hybridized carbons (Fsp3) is 0.529. The average Bonchev–Trinajstić information content (AvgIpc) is 3.08. The van der Waals surface area contributed by atoms with Gasteiger partial charge in [0.05, 0.1) is 6.42 Å². The first kappa shape index (κ1) is 15.6. The third-order valence-electron chi connectivity index (χ3n) is 4.03. The van der Waals surface area contributed by atoms with Crippen LogP contribution in [0.5, 0.6) is 11.5 Å². The molecule has 1 aromatic rings. The zero-order chi connectivity index (χ0) is 16.2. The predicted octanol–water partition coefficient (Wildman–Crippen LogP) is 1.55. The van der Waals surface area contributed by atoms with Gasteiger partial charge in [-0.2, -0.15) is 0 Å². The molecular formula is C17H21NO5. The molecule has 0 aliphatic carbocycles. The Morgan fingerprint density at radius 2 is 1.87 bits per heavy atom. The van der Waals surface area contributed by atoms with Gasteiger partial charge in [0, 0.05) is 13.1 Å². The lowest BCUT2D eigenvalue weighted by Crippen LogP contribution is -2.38. The van der Waals surface area contributed by atoms with E-state index in [0.29, 0.717) is 24.7 Å². The first-order valence-electron chi connectivity index (χ1n) is 8.00. The van der Waals surface area contributed by atoms with Crippen molar-refractivity contribution in [2.24, 2.45) is 0 Å². The quantitative estimate of drug-likeness (QED) is 0.788. The number of fused-ring (bicyclic) bond motifs is 1. The third kappa shape index (κ3) is 3.75. The molecule has 0 aromatic heterocycles. The highest BCUT2D eigenvalue weighted by Crippen LogP contribution is 2.30. The van der Waals surface area contributed by atoms with Crippen molar-refractivity contribution in [3.63, 3.8) is 0 Å². The first-order valence-corrected chi connectivity index (χ1v) is 8.00. The zero-order valence-corrected chi connectivity index (χ0v) is 13.2. The highest BCUT2D eigenvalue weighted by atomic mass is 16.6. The zero-order valence-electron chi connectivity index (χ0n) is 13.2. The summed E-state index contributed by atoms with van der Waals surface area (Å²) in [6.45, 7) is 4.17. The molecule has 1 unspecified atom stereocenters. The second kappa shape index (κ2) is 6.89. The van der Waals surface area contributed by atoms with E-state index in [1.165, 1.54) is 0 Å². The van der Waals surface area contributed by atoms with E-state index >= 15 is 0 Å². The summed E-state index contributed by atoms with van der Waals surface area (Å²) in [7, 11) is 0. The summed E-state index contributed by atoms with van der Waals surface area (Å²) in [6, 6.07) is 5.38. The summed E-state index contributed by atoms with van der Waals surface area (Å²) in [5, 5.41) is 0. The van der Waals surface area contributed by atoms with Gasteiger partial charge in [-0.25, -0.2) is 0 Å². The van der Waals surface area contributed by atoms with Gasteiger partial charge in [0.1, 0.15) is 13.2 Å². The standard InChI is InChI=1S/C17H21NO5/c1-12(17(20)18-6-2-3-7-18)23-16(19)11-13-4-5-14-15(10-13)22-9-8-21-14/h4-5,10,12H,2-3,6-9,11H2,1H3. The lowest BCUT2D eigenvalue weighted by Gasteiger charge is -2.21. The van der Waals surface area contributed by atoms with E-state index in [1.54, 1.807) is 24.0 Å². The number of carbonyl (C=O) groups is 2. The van der Waals surface area contributed by atoms with E-state index in [2.05, 4.69) is 0 Å². The molecule has 124 valence electrons. The molecule has 2 aliphatic heterocycles. The highest BCUT2D eigenvalue weighted by molar-refractivity contribution is 5.84. The Balaban J connectivity index is 1.55. The lowest BCUT2D eigenvalue weighted by molar-refractivity contribution is -0.158. The Morgan fingerprint density at radius 3 is 2.61 bits per heavy atom. The Kier molecular flexibility index (Phi) is 4.69. The van der Waals surface area contributed by atoms with Crippen LogP contribution in [0.1, 0.15) is 25.3 Å². The van der Waals surface area contributed by atoms with E-state index < -0.39 is 12.1 Å². The summed E-state index contributed by atoms with van der Waals surface area (Å²) in [5.74, 6) is 0.799. The van der Waals surface area contributed by atoms with Crippen LogP contribution in [-0.2, 0) is 20.7 Å². The Labute approximate surface area is 135 Å². The molecule has 23 heavy (non-hydrogen) atoms. The number of rotatable bonds is 4. The molecule has 1 aromatic carbocycles. The Morgan fingerprint density at radius 1 is 1.17 bits per heavy atom. The number of likely N-dealkylation sites (tertiary alicyclic amines) is 1. The number of hydrogen-bond donors (Lipinski definition) is 0. The molecule has 3 rings (SSSR count). The Hall–Kier alpha value is -2.24. The van der Waals surface area contributed by atoms with Crippen molar-refractivity contribution in [2.75, 3.05) is 26.3 Å². The molecule has 0 radical (unpaired) electrons. The SMILES string of the molecule is CC(OC(=O)Cc1ccc2c(c1)OCCO2)C(=O)N1CCCC1. The van der Waals surface area contributed by atoms with Crippen LogP contribution < -0.4 is 9.47 Å². The topological polar surface area (TPSA) is 65.1 Å². The van der Waals surface area contributed by atoms with Crippen LogP contribution in [-0.4, -0.2) is 49.2 Å². The number of ether oxygens (including phenoxy) is 3. The fourth-order valence-electron chi connectivity index (χ4n) is 2.85. The molecule has 1 fully saturated rings. The summed E-state index contributed by atoms with van der Waals surface area (Å²) in [5.41, 5.74) is 0.778. The van der Waals surface area contributed by atoms with Gasteiger partial charge in [0.2, 0.25) is 0 Å². The van der Waals surface area contributed by atoms with Crippen molar-refractivity contribution >= 4 is 11.9 Å². The Bertz CT molecular complexity index is 595. The van der Waals surface area contributed by atoms with Gasteiger partial charge in [-0.3, -0.25) is 9.59 Å². The van der Waals surface area contributed by atoms with Crippen molar-refractivity contribution in [3.8, 4) is 11.5 Å². The van der Waals surface area contributed by atoms with Crippen molar-refractivity contribution in [3.05, 3.63) is 23.8 Å². The summed E-state index contributed by atoms with van der Waals surface area (Å²) < 4.78 is 16.2. The molecule has 6 heteroatoms. The number of benzene rings is 1. The van der Waals surface area contributed by atoms with Crippen LogP contribution in [0.15, 0.2) is 18.2 Å². The molecule has 0 bridgehead atoms. The summed E-state index contributed by atoms with van der Waals surface area (Å²) in [6.07, 6.45) is 1.40. The second-order valence-corrected chi connectivity index (χ2v) is 5.82. The molecular weight excluding hydrogens is 298 g/mol. The maximum Gasteiger partial charge on any atom is 0.311 e. The van der Waals surface area contributed by atoms with E-state index in [4.69, 9.17) is 14.2 Å². The minimum absolute atomic E-state index is 0.105. The van der Waals surface area contributed by atoms with Crippen LogP contribution in [0.3, 0.4) is 0 Å². The monoisotopic (exact) mass is 319 g/mol. The van der Waals surface area contributed by atoms with Crippen LogP contribution in [0, 0.1) is 0 Å². The van der Waals surface area contributed by atoms with Gasteiger partial charge in [0.15, 0.2) is 17.6 Å². The fourth-order valence-corrected chi connectivity index (χ4v) is 2.85. The van der Waals surface area contributed by atoms with E-state index in [9.17, 15) is 9.59 Å². The van der Waals surface area contributed by atoms with Gasteiger partial charge in [-0.15, -0.1) is 0 Å². The van der Waals surface area contributed by atoms with E-state index in [1.807, 2.05) is 6.07 Å². The number of amides is 1. The van der Waals surface area contributed by atoms with Gasteiger partial charge in [0.25, 0.3) is 5.91 Å². The van der Waals surface area contributed by atoms with Crippen LogP contribution in [0.25, 0.3) is 0 Å². The van der Waals surface area contributed by atoms with Gasteiger partial charge >= 0.3 is 5.97 Å². The second-order valence-electron chi connectivity index (χ2n) is 5.82. The maximum absolute atomic E-state index is 12.1. The number of esters is 1. The van der Waals surface area contributed by atoms with Crippen LogP contribution in [0.4, 0.5) is 0 Å². The number of carbonyl (C=O) groups excluding carboxylic acids is 2.